The lowest BCUT2D eigenvalue weighted by atomic mass is 10.1. The summed E-state index contributed by atoms with van der Waals surface area (Å²) in [5, 5.41) is 10.9. The number of rotatable bonds is 3. The zero-order valence-electron chi connectivity index (χ0n) is 11.2. The van der Waals surface area contributed by atoms with E-state index in [-0.39, 0.29) is 11.4 Å². The van der Waals surface area contributed by atoms with Gasteiger partial charge in [0.2, 0.25) is 0 Å². The number of aromatic amines is 1. The van der Waals surface area contributed by atoms with Crippen molar-refractivity contribution in [2.45, 2.75) is 32.9 Å². The van der Waals surface area contributed by atoms with Gasteiger partial charge in [0, 0.05) is 23.3 Å². The summed E-state index contributed by atoms with van der Waals surface area (Å²) >= 11 is 6.01. The molecule has 2 N–H and O–H groups in total. The smallest absolute Gasteiger partial charge is 0.124 e. The Morgan fingerprint density at radius 2 is 2.05 bits per heavy atom. The fourth-order valence-corrected chi connectivity index (χ4v) is 1.91. The van der Waals surface area contributed by atoms with E-state index in [0.717, 1.165) is 17.0 Å². The molecule has 0 aliphatic carbocycles. The summed E-state index contributed by atoms with van der Waals surface area (Å²) in [5.74, 6) is -0.348. The predicted octanol–water partition coefficient (Wildman–Crippen LogP) is 3.76. The Hall–Kier alpha value is -1.39. The van der Waals surface area contributed by atoms with Crippen LogP contribution in [-0.4, -0.2) is 15.7 Å². The Morgan fingerprint density at radius 3 is 2.68 bits per heavy atom. The van der Waals surface area contributed by atoms with Gasteiger partial charge < -0.3 is 5.32 Å². The molecule has 0 atom stereocenters. The van der Waals surface area contributed by atoms with Crippen LogP contribution in [-0.2, 0) is 6.54 Å². The number of aromatic nitrogens is 2. The first-order chi connectivity index (χ1) is 8.85. The Bertz CT molecular complexity index is 572. The van der Waals surface area contributed by atoms with Crippen LogP contribution in [0.2, 0.25) is 5.02 Å². The van der Waals surface area contributed by atoms with Crippen LogP contribution in [0.3, 0.4) is 0 Å². The molecule has 0 bridgehead atoms. The molecule has 2 aromatic rings. The van der Waals surface area contributed by atoms with E-state index in [1.807, 2.05) is 6.07 Å². The van der Waals surface area contributed by atoms with Crippen LogP contribution >= 0.6 is 11.6 Å². The van der Waals surface area contributed by atoms with E-state index < -0.39 is 0 Å². The van der Waals surface area contributed by atoms with Crippen LogP contribution in [0.5, 0.6) is 0 Å². The van der Waals surface area contributed by atoms with Gasteiger partial charge in [-0.2, -0.15) is 5.10 Å². The van der Waals surface area contributed by atoms with Crippen LogP contribution in [0.15, 0.2) is 24.3 Å². The average molecular weight is 282 g/mol. The molecule has 1 aromatic heterocycles. The average Bonchev–Trinajstić information content (AvgIpc) is 2.74. The first kappa shape index (κ1) is 14.0. The van der Waals surface area contributed by atoms with Gasteiger partial charge in [0.1, 0.15) is 5.82 Å². The third-order valence-electron chi connectivity index (χ3n) is 2.65. The van der Waals surface area contributed by atoms with Gasteiger partial charge in [-0.15, -0.1) is 0 Å². The third-order valence-corrected chi connectivity index (χ3v) is 2.96. The predicted molar refractivity (Wildman–Crippen MR) is 75.6 cm³/mol. The van der Waals surface area contributed by atoms with Crippen molar-refractivity contribution in [1.29, 1.82) is 0 Å². The van der Waals surface area contributed by atoms with Crippen LogP contribution in [0.1, 0.15) is 26.5 Å². The first-order valence-corrected chi connectivity index (χ1v) is 6.48. The number of hydrogen-bond donors (Lipinski definition) is 2. The minimum absolute atomic E-state index is 0.0405. The Morgan fingerprint density at radius 1 is 1.32 bits per heavy atom. The van der Waals surface area contributed by atoms with Crippen LogP contribution in [0.4, 0.5) is 4.39 Å². The highest BCUT2D eigenvalue weighted by Gasteiger charge is 2.12. The van der Waals surface area contributed by atoms with Crippen LogP contribution in [0, 0.1) is 5.82 Å². The Labute approximate surface area is 117 Å². The van der Waals surface area contributed by atoms with E-state index in [0.29, 0.717) is 11.6 Å². The number of H-pyrrole nitrogens is 1. The van der Waals surface area contributed by atoms with Crippen molar-refractivity contribution in [3.05, 3.63) is 40.8 Å². The summed E-state index contributed by atoms with van der Waals surface area (Å²) in [6.45, 7) is 6.98. The molecule has 1 aromatic carbocycles. The van der Waals surface area contributed by atoms with Crippen molar-refractivity contribution in [3.8, 4) is 11.3 Å². The second kappa shape index (κ2) is 5.31. The SMILES string of the molecule is CC(C)(C)NCc1cc(-c2ccc(F)cc2Cl)n[nH]1. The molecule has 19 heavy (non-hydrogen) atoms. The number of nitrogens with zero attached hydrogens (tertiary/aromatic N) is 1. The number of halogens is 2. The molecule has 0 unspecified atom stereocenters. The summed E-state index contributed by atoms with van der Waals surface area (Å²) < 4.78 is 13.0. The third kappa shape index (κ3) is 3.78. The molecule has 0 aliphatic heterocycles. The summed E-state index contributed by atoms with van der Waals surface area (Å²) in [7, 11) is 0. The summed E-state index contributed by atoms with van der Waals surface area (Å²) in [6.07, 6.45) is 0. The van der Waals surface area contributed by atoms with E-state index in [1.165, 1.54) is 12.1 Å². The second-order valence-electron chi connectivity index (χ2n) is 5.51. The van der Waals surface area contributed by atoms with Gasteiger partial charge in [-0.1, -0.05) is 11.6 Å². The molecule has 5 heteroatoms. The molecule has 0 saturated carbocycles. The topological polar surface area (TPSA) is 40.7 Å². The minimum atomic E-state index is -0.348. The summed E-state index contributed by atoms with van der Waals surface area (Å²) in [6, 6.07) is 6.22. The highest BCUT2D eigenvalue weighted by atomic mass is 35.5. The number of nitrogens with one attached hydrogen (secondary N) is 2. The minimum Gasteiger partial charge on any atom is -0.306 e. The molecule has 3 nitrogen and oxygen atoms in total. The quantitative estimate of drug-likeness (QED) is 0.899. The molecule has 0 fully saturated rings. The molecule has 1 heterocycles. The van der Waals surface area contributed by atoms with E-state index >= 15 is 0 Å². The molecule has 0 spiro atoms. The van der Waals surface area contributed by atoms with E-state index in [4.69, 9.17) is 11.6 Å². The van der Waals surface area contributed by atoms with Gasteiger partial charge in [0.05, 0.1) is 10.7 Å². The van der Waals surface area contributed by atoms with Crippen molar-refractivity contribution < 1.29 is 4.39 Å². The van der Waals surface area contributed by atoms with Gasteiger partial charge in [-0.05, 0) is 45.0 Å². The lowest BCUT2D eigenvalue weighted by Gasteiger charge is -2.19. The maximum absolute atomic E-state index is 13.0. The maximum Gasteiger partial charge on any atom is 0.124 e. The zero-order chi connectivity index (χ0) is 14.0. The summed E-state index contributed by atoms with van der Waals surface area (Å²) in [5.41, 5.74) is 2.45. The molecular weight excluding hydrogens is 265 g/mol. The lowest BCUT2D eigenvalue weighted by molar-refractivity contribution is 0.421. The lowest BCUT2D eigenvalue weighted by Crippen LogP contribution is -2.35. The molecule has 2 rings (SSSR count). The van der Waals surface area contributed by atoms with Gasteiger partial charge >= 0.3 is 0 Å². The zero-order valence-corrected chi connectivity index (χ0v) is 12.0. The highest BCUT2D eigenvalue weighted by molar-refractivity contribution is 6.33. The summed E-state index contributed by atoms with van der Waals surface area (Å²) in [4.78, 5) is 0. The largest absolute Gasteiger partial charge is 0.306 e. The van der Waals surface area contributed by atoms with Gasteiger partial charge in [0.15, 0.2) is 0 Å². The first-order valence-electron chi connectivity index (χ1n) is 6.10. The van der Waals surface area contributed by atoms with E-state index in [1.54, 1.807) is 6.07 Å². The van der Waals surface area contributed by atoms with Crippen molar-refractivity contribution in [2.75, 3.05) is 0 Å². The standard InChI is InChI=1S/C14H17ClFN3/c1-14(2,3)17-8-10-7-13(19-18-10)11-5-4-9(16)6-12(11)15/h4-7,17H,8H2,1-3H3,(H,18,19). The fourth-order valence-electron chi connectivity index (χ4n) is 1.65. The fraction of sp³-hybridized carbons (Fsp3) is 0.357. The number of benzene rings is 1. The van der Waals surface area contributed by atoms with Gasteiger partial charge in [-0.3, -0.25) is 5.10 Å². The monoisotopic (exact) mass is 281 g/mol. The normalized spacial score (nSPS) is 11.8. The maximum atomic E-state index is 13.0. The van der Waals surface area contributed by atoms with Crippen molar-refractivity contribution >= 4 is 11.6 Å². The second-order valence-corrected chi connectivity index (χ2v) is 5.91. The Balaban J connectivity index is 2.16. The van der Waals surface area contributed by atoms with E-state index in [2.05, 4.69) is 36.3 Å². The van der Waals surface area contributed by atoms with Gasteiger partial charge in [-0.25, -0.2) is 4.39 Å². The van der Waals surface area contributed by atoms with Crippen molar-refractivity contribution in [2.24, 2.45) is 0 Å². The highest BCUT2D eigenvalue weighted by Crippen LogP contribution is 2.27. The number of hydrogen-bond acceptors (Lipinski definition) is 2. The van der Waals surface area contributed by atoms with Crippen LogP contribution < -0.4 is 5.32 Å². The molecule has 0 radical (unpaired) electrons. The van der Waals surface area contributed by atoms with Gasteiger partial charge in [0.25, 0.3) is 0 Å². The molecule has 102 valence electrons. The van der Waals surface area contributed by atoms with E-state index in [9.17, 15) is 4.39 Å². The molecular formula is C14H17ClFN3. The van der Waals surface area contributed by atoms with Crippen molar-refractivity contribution in [1.82, 2.24) is 15.5 Å². The Kier molecular flexibility index (Phi) is 3.92. The molecule has 0 aliphatic rings. The van der Waals surface area contributed by atoms with Crippen molar-refractivity contribution in [3.63, 3.8) is 0 Å². The van der Waals surface area contributed by atoms with Crippen LogP contribution in [0.25, 0.3) is 11.3 Å². The molecule has 0 amide bonds. The molecule has 0 saturated heterocycles.